The largest absolute Gasteiger partial charge is 0.457 e. The number of aromatic nitrogens is 1. The van der Waals surface area contributed by atoms with E-state index in [9.17, 15) is 33.0 Å². The van der Waals surface area contributed by atoms with E-state index in [0.29, 0.717) is 11.3 Å². The molecular formula is C27H36F3NO5S. The second-order valence-electron chi connectivity index (χ2n) is 10.2. The first-order chi connectivity index (χ1) is 17.0. The number of alkyl halides is 3. The van der Waals surface area contributed by atoms with E-state index in [-0.39, 0.29) is 6.42 Å². The van der Waals surface area contributed by atoms with Crippen LogP contribution in [0.25, 0.3) is 6.08 Å². The number of hydrogen-bond donors (Lipinski definition) is 2. The Morgan fingerprint density at radius 3 is 2.46 bits per heavy atom. The van der Waals surface area contributed by atoms with Gasteiger partial charge < -0.3 is 14.9 Å². The van der Waals surface area contributed by atoms with Gasteiger partial charge in [0, 0.05) is 29.2 Å². The fraction of sp³-hybridized carbons (Fsp3) is 0.593. The summed E-state index contributed by atoms with van der Waals surface area (Å²) in [6.45, 7) is 9.55. The van der Waals surface area contributed by atoms with Crippen molar-refractivity contribution in [3.05, 3.63) is 45.5 Å². The number of aryl methyl sites for hydroxylation is 1. The third-order valence-electron chi connectivity index (χ3n) is 6.81. The lowest BCUT2D eigenvalue weighted by atomic mass is 9.73. The summed E-state index contributed by atoms with van der Waals surface area (Å²) in [4.78, 5) is 30.2. The number of rotatable bonds is 2. The number of cyclic esters (lactones) is 1. The van der Waals surface area contributed by atoms with E-state index in [1.807, 2.05) is 6.92 Å². The fourth-order valence-electron chi connectivity index (χ4n) is 4.17. The number of thiazole rings is 1. The summed E-state index contributed by atoms with van der Waals surface area (Å²) in [6, 6.07) is 0. The molecule has 0 spiro atoms. The zero-order chi connectivity index (χ0) is 28.1. The molecule has 5 atom stereocenters. The molecule has 1 aliphatic rings. The predicted octanol–water partition coefficient (Wildman–Crippen LogP) is 5.58. The van der Waals surface area contributed by atoms with Gasteiger partial charge in [-0.15, -0.1) is 11.3 Å². The molecular weight excluding hydrogens is 507 g/mol. The standard InChI is InChI=1S/C27H36F3NO5S/c1-15-8-7-9-19(27(28,29)30)10-11-21(16(2)12-20-14-37-18(4)31-20)36-23(33)13-22(32)26(5,6)25(35)17(3)24(15)34/h7-8,10,12,14-15,17,21-22,24,32,34H,9,11,13H2,1-6H3/b8-7+,16-12+,19-10+/t15?,17?,21-,22-,24-/m0/s1. The molecule has 10 heteroatoms. The van der Waals surface area contributed by atoms with Gasteiger partial charge >= 0.3 is 12.1 Å². The average Bonchev–Trinajstić information content (AvgIpc) is 3.21. The van der Waals surface area contributed by atoms with E-state index in [0.717, 1.165) is 11.1 Å². The first-order valence-corrected chi connectivity index (χ1v) is 13.0. The number of nitrogens with zero attached hydrogens (tertiary/aromatic N) is 1. The Bertz CT molecular complexity index is 1060. The topological polar surface area (TPSA) is 96.7 Å². The lowest BCUT2D eigenvalue weighted by molar-refractivity contribution is -0.154. The Morgan fingerprint density at radius 2 is 1.89 bits per heavy atom. The highest BCUT2D eigenvalue weighted by Crippen LogP contribution is 2.33. The molecule has 206 valence electrons. The number of carbonyl (C=O) groups is 2. The molecule has 2 rings (SSSR count). The number of hydrogen-bond acceptors (Lipinski definition) is 7. The molecule has 2 N–H and O–H groups in total. The molecule has 6 nitrogen and oxygen atoms in total. The number of allylic oxidation sites excluding steroid dienone is 2. The van der Waals surface area contributed by atoms with Crippen molar-refractivity contribution >= 4 is 29.2 Å². The first-order valence-electron chi connectivity index (χ1n) is 12.2. The Labute approximate surface area is 219 Å². The van der Waals surface area contributed by atoms with E-state index in [4.69, 9.17) is 4.74 Å². The van der Waals surface area contributed by atoms with E-state index in [1.165, 1.54) is 44.3 Å². The average molecular weight is 544 g/mol. The minimum absolute atomic E-state index is 0.243. The SMILES string of the molecule is C/C(=C\c1csc(C)n1)[C@@H]1C/C=C(/C(F)(F)F)C/C=C/C(C)[C@H](O)C(C)C(=O)C(C)(C)[C@@H](O)CC(=O)O1. The minimum Gasteiger partial charge on any atom is -0.457 e. The van der Waals surface area contributed by atoms with Crippen LogP contribution in [0.1, 0.15) is 64.6 Å². The second-order valence-corrected chi connectivity index (χ2v) is 11.3. The van der Waals surface area contributed by atoms with Crippen molar-refractivity contribution in [1.29, 1.82) is 0 Å². The Morgan fingerprint density at radius 1 is 1.24 bits per heavy atom. The molecule has 2 unspecified atom stereocenters. The number of ether oxygens (including phenoxy) is 1. The summed E-state index contributed by atoms with van der Waals surface area (Å²) >= 11 is 1.41. The number of halogens is 3. The van der Waals surface area contributed by atoms with Crippen LogP contribution in [-0.2, 0) is 14.3 Å². The van der Waals surface area contributed by atoms with E-state index in [2.05, 4.69) is 4.98 Å². The molecule has 0 aromatic carbocycles. The van der Waals surface area contributed by atoms with Gasteiger partial charge in [-0.2, -0.15) is 13.2 Å². The summed E-state index contributed by atoms with van der Waals surface area (Å²) in [5.41, 5.74) is -1.11. The number of esters is 1. The van der Waals surface area contributed by atoms with Gasteiger partial charge in [-0.25, -0.2) is 4.98 Å². The minimum atomic E-state index is -4.61. The van der Waals surface area contributed by atoms with Crippen LogP contribution in [0.3, 0.4) is 0 Å². The van der Waals surface area contributed by atoms with Gasteiger partial charge in [-0.1, -0.05) is 45.9 Å². The molecule has 0 amide bonds. The zero-order valence-corrected chi connectivity index (χ0v) is 22.8. The van der Waals surface area contributed by atoms with Gasteiger partial charge in [-0.3, -0.25) is 9.59 Å². The number of aliphatic hydroxyl groups excluding tert-OH is 2. The molecule has 1 aliphatic heterocycles. The van der Waals surface area contributed by atoms with Crippen molar-refractivity contribution in [3.8, 4) is 0 Å². The van der Waals surface area contributed by atoms with Crippen LogP contribution >= 0.6 is 11.3 Å². The summed E-state index contributed by atoms with van der Waals surface area (Å²) in [5.74, 6) is -2.85. The fourth-order valence-corrected chi connectivity index (χ4v) is 4.74. The lowest BCUT2D eigenvalue weighted by Crippen LogP contribution is -2.45. The van der Waals surface area contributed by atoms with Crippen molar-refractivity contribution in [2.24, 2.45) is 17.3 Å². The van der Waals surface area contributed by atoms with Crippen molar-refractivity contribution < 1.29 is 37.7 Å². The van der Waals surface area contributed by atoms with Crippen LogP contribution in [0.2, 0.25) is 0 Å². The van der Waals surface area contributed by atoms with Crippen LogP contribution in [0.15, 0.2) is 34.8 Å². The monoisotopic (exact) mass is 543 g/mol. The summed E-state index contributed by atoms with van der Waals surface area (Å²) < 4.78 is 46.8. The van der Waals surface area contributed by atoms with Gasteiger partial charge in [0.1, 0.15) is 11.9 Å². The number of aliphatic hydroxyl groups is 2. The second kappa shape index (κ2) is 12.5. The zero-order valence-electron chi connectivity index (χ0n) is 22.0. The highest BCUT2D eigenvalue weighted by Gasteiger charge is 2.42. The van der Waals surface area contributed by atoms with Crippen molar-refractivity contribution in [2.45, 2.75) is 85.3 Å². The van der Waals surface area contributed by atoms with Crippen molar-refractivity contribution in [3.63, 3.8) is 0 Å². The third kappa shape index (κ3) is 8.35. The molecule has 0 bridgehead atoms. The van der Waals surface area contributed by atoms with Gasteiger partial charge in [-0.05, 0) is 31.9 Å². The number of ketones is 1. The maximum atomic E-state index is 13.8. The number of Topliss-reactive ketones (excluding diaryl/α,β-unsaturated/α-hetero) is 1. The summed E-state index contributed by atoms with van der Waals surface area (Å²) in [5, 5.41) is 24.0. The van der Waals surface area contributed by atoms with Crippen molar-refractivity contribution in [1.82, 2.24) is 4.98 Å². The van der Waals surface area contributed by atoms with Crippen LogP contribution in [0.5, 0.6) is 0 Å². The molecule has 0 aliphatic carbocycles. The van der Waals surface area contributed by atoms with Crippen LogP contribution in [-0.4, -0.2) is 51.4 Å². The first kappa shape index (κ1) is 30.9. The highest BCUT2D eigenvalue weighted by atomic mass is 32.1. The molecule has 37 heavy (non-hydrogen) atoms. The molecule has 0 saturated heterocycles. The Kier molecular flexibility index (Phi) is 10.4. The van der Waals surface area contributed by atoms with E-state index >= 15 is 0 Å². The highest BCUT2D eigenvalue weighted by molar-refractivity contribution is 7.09. The van der Waals surface area contributed by atoms with Crippen LogP contribution in [0.4, 0.5) is 13.2 Å². The lowest BCUT2D eigenvalue weighted by Gasteiger charge is -2.34. The van der Waals surface area contributed by atoms with Gasteiger partial charge in [0.05, 0.1) is 34.7 Å². The summed E-state index contributed by atoms with van der Waals surface area (Å²) in [6.07, 6.45) is -4.04. The smallest absolute Gasteiger partial charge is 0.412 e. The van der Waals surface area contributed by atoms with Gasteiger partial charge in [0.2, 0.25) is 0 Å². The molecule has 0 saturated carbocycles. The maximum Gasteiger partial charge on any atom is 0.412 e. The molecule has 1 aromatic rings. The maximum absolute atomic E-state index is 13.8. The quantitative estimate of drug-likeness (QED) is 0.373. The predicted molar refractivity (Wildman–Crippen MR) is 137 cm³/mol. The van der Waals surface area contributed by atoms with E-state index in [1.54, 1.807) is 25.3 Å². The van der Waals surface area contributed by atoms with Crippen LogP contribution in [0, 0.1) is 24.2 Å². The molecule has 0 radical (unpaired) electrons. The van der Waals surface area contributed by atoms with E-state index < -0.39 is 71.9 Å². The van der Waals surface area contributed by atoms with Gasteiger partial charge in [0.15, 0.2) is 0 Å². The Hall–Kier alpha value is -2.30. The van der Waals surface area contributed by atoms with Crippen LogP contribution < -0.4 is 0 Å². The van der Waals surface area contributed by atoms with Gasteiger partial charge in [0.25, 0.3) is 0 Å². The summed E-state index contributed by atoms with van der Waals surface area (Å²) in [7, 11) is 0. The molecule has 0 fully saturated rings. The molecule has 1 aromatic heterocycles. The third-order valence-corrected chi connectivity index (χ3v) is 7.60. The van der Waals surface area contributed by atoms with Crippen molar-refractivity contribution in [2.75, 3.05) is 0 Å². The number of carbonyl (C=O) groups excluding carboxylic acids is 2. The normalized spacial score (nSPS) is 31.4. The molecule has 2 heterocycles. The Balaban J connectivity index is 2.50.